The van der Waals surface area contributed by atoms with Crippen LogP contribution in [0.4, 0.5) is 11.5 Å². The van der Waals surface area contributed by atoms with Crippen molar-refractivity contribution in [3.8, 4) is 0 Å². The molecule has 0 unspecified atom stereocenters. The van der Waals surface area contributed by atoms with E-state index in [1.54, 1.807) is 31.2 Å². The summed E-state index contributed by atoms with van der Waals surface area (Å²) in [6, 6.07) is 6.94. The third kappa shape index (κ3) is 3.84. The molecule has 0 spiro atoms. The number of nitrogens with two attached hydrogens (primary N) is 1. The van der Waals surface area contributed by atoms with Gasteiger partial charge in [-0.15, -0.1) is 0 Å². The van der Waals surface area contributed by atoms with Gasteiger partial charge in [0.2, 0.25) is 0 Å². The summed E-state index contributed by atoms with van der Waals surface area (Å²) in [6.45, 7) is 4.35. The van der Waals surface area contributed by atoms with Crippen molar-refractivity contribution in [2.45, 2.75) is 33.2 Å². The van der Waals surface area contributed by atoms with E-state index in [-0.39, 0.29) is 24.0 Å². The minimum Gasteiger partial charge on any atom is -0.383 e. The van der Waals surface area contributed by atoms with Crippen LogP contribution >= 0.6 is 15.9 Å². The highest BCUT2D eigenvalue weighted by Gasteiger charge is 2.24. The number of carbonyl (C=O) groups excluding carboxylic acids is 1. The van der Waals surface area contributed by atoms with Crippen LogP contribution in [0.15, 0.2) is 38.3 Å². The number of carbonyl (C=O) groups is 1. The molecule has 1 heterocycles. The second-order valence-electron chi connectivity index (χ2n) is 5.53. The molecule has 7 nitrogen and oxygen atoms in total. The molecule has 0 aliphatic rings. The zero-order chi connectivity index (χ0) is 18.6. The van der Waals surface area contributed by atoms with Gasteiger partial charge >= 0.3 is 5.69 Å². The maximum Gasteiger partial charge on any atom is 0.330 e. The van der Waals surface area contributed by atoms with Crippen LogP contribution in [0, 0.1) is 0 Å². The van der Waals surface area contributed by atoms with Crippen molar-refractivity contribution in [2.24, 2.45) is 0 Å². The summed E-state index contributed by atoms with van der Waals surface area (Å²) >= 11 is 3.34. The molecule has 0 aliphatic carbocycles. The number of hydrogen-bond acceptors (Lipinski definition) is 4. The van der Waals surface area contributed by atoms with Gasteiger partial charge in [0, 0.05) is 17.6 Å². The summed E-state index contributed by atoms with van der Waals surface area (Å²) in [4.78, 5) is 40.9. The van der Waals surface area contributed by atoms with E-state index in [4.69, 9.17) is 5.73 Å². The minimum absolute atomic E-state index is 0.000967. The Hall–Kier alpha value is -2.35. The molecule has 2 rings (SSSR count). The van der Waals surface area contributed by atoms with Crippen LogP contribution in [0.3, 0.4) is 0 Å². The summed E-state index contributed by atoms with van der Waals surface area (Å²) in [6.07, 6.45) is 1.60. The minimum atomic E-state index is -0.669. The van der Waals surface area contributed by atoms with Crippen LogP contribution in [0.25, 0.3) is 0 Å². The first-order valence-electron chi connectivity index (χ1n) is 8.11. The fraction of sp³-hybridized carbons (Fsp3) is 0.353. The Balaban J connectivity index is 2.58. The number of aromatic amines is 1. The number of halogens is 1. The summed E-state index contributed by atoms with van der Waals surface area (Å²) in [5, 5.41) is 0. The van der Waals surface area contributed by atoms with Crippen LogP contribution in [0.1, 0.15) is 37.0 Å². The Labute approximate surface area is 153 Å². The van der Waals surface area contributed by atoms with Crippen LogP contribution in [-0.2, 0) is 6.54 Å². The van der Waals surface area contributed by atoms with E-state index in [2.05, 4.69) is 20.9 Å². The second kappa shape index (κ2) is 8.15. The Kier molecular flexibility index (Phi) is 6.19. The van der Waals surface area contributed by atoms with E-state index in [9.17, 15) is 14.4 Å². The van der Waals surface area contributed by atoms with Gasteiger partial charge in [0.25, 0.3) is 11.5 Å². The molecule has 0 aliphatic heterocycles. The van der Waals surface area contributed by atoms with Crippen molar-refractivity contribution >= 4 is 33.3 Å². The van der Waals surface area contributed by atoms with Crippen LogP contribution in [-0.4, -0.2) is 22.0 Å². The van der Waals surface area contributed by atoms with Crippen molar-refractivity contribution in [2.75, 3.05) is 17.2 Å². The fourth-order valence-corrected chi connectivity index (χ4v) is 3.01. The van der Waals surface area contributed by atoms with Crippen molar-refractivity contribution in [3.05, 3.63) is 55.1 Å². The van der Waals surface area contributed by atoms with Crippen molar-refractivity contribution < 1.29 is 4.79 Å². The van der Waals surface area contributed by atoms with Gasteiger partial charge in [0.1, 0.15) is 5.82 Å². The van der Waals surface area contributed by atoms with Crippen molar-refractivity contribution in [3.63, 3.8) is 0 Å². The SMILES string of the molecule is CCCCn1c(N)c(N(CC)C(=O)c2ccccc2Br)c(=O)[nH]c1=O. The quantitative estimate of drug-likeness (QED) is 0.765. The Morgan fingerprint density at radius 1 is 1.28 bits per heavy atom. The molecule has 1 amide bonds. The number of aromatic nitrogens is 2. The molecule has 1 aromatic carbocycles. The summed E-state index contributed by atoms with van der Waals surface area (Å²) in [7, 11) is 0. The number of nitrogens with one attached hydrogen (secondary N) is 1. The number of anilines is 2. The smallest absolute Gasteiger partial charge is 0.330 e. The molecule has 8 heteroatoms. The highest BCUT2D eigenvalue weighted by atomic mass is 79.9. The lowest BCUT2D eigenvalue weighted by Crippen LogP contribution is -2.41. The number of nitrogen functional groups attached to an aromatic ring is 1. The van der Waals surface area contributed by atoms with Crippen molar-refractivity contribution in [1.82, 2.24) is 9.55 Å². The van der Waals surface area contributed by atoms with Gasteiger partial charge in [-0.1, -0.05) is 25.5 Å². The number of unbranched alkanes of at least 4 members (excludes halogenated alkanes) is 1. The van der Waals surface area contributed by atoms with E-state index < -0.39 is 11.2 Å². The van der Waals surface area contributed by atoms with Crippen LogP contribution < -0.4 is 21.9 Å². The molecule has 0 radical (unpaired) electrons. The monoisotopic (exact) mass is 408 g/mol. The second-order valence-corrected chi connectivity index (χ2v) is 6.38. The van der Waals surface area contributed by atoms with Crippen molar-refractivity contribution in [1.29, 1.82) is 0 Å². The largest absolute Gasteiger partial charge is 0.383 e. The zero-order valence-corrected chi connectivity index (χ0v) is 15.8. The molecule has 1 aromatic heterocycles. The summed E-state index contributed by atoms with van der Waals surface area (Å²) < 4.78 is 1.92. The third-order valence-electron chi connectivity index (χ3n) is 3.88. The third-order valence-corrected chi connectivity index (χ3v) is 4.58. The van der Waals surface area contributed by atoms with E-state index >= 15 is 0 Å². The highest BCUT2D eigenvalue weighted by molar-refractivity contribution is 9.10. The van der Waals surface area contributed by atoms with Gasteiger partial charge in [-0.25, -0.2) is 4.79 Å². The first-order chi connectivity index (χ1) is 11.9. The predicted molar refractivity (Wildman–Crippen MR) is 102 cm³/mol. The lowest BCUT2D eigenvalue weighted by molar-refractivity contribution is 0.0987. The number of nitrogens with zero attached hydrogens (tertiary/aromatic N) is 2. The molecule has 2 aromatic rings. The topological polar surface area (TPSA) is 101 Å². The fourth-order valence-electron chi connectivity index (χ4n) is 2.56. The molecular weight excluding hydrogens is 388 g/mol. The number of hydrogen-bond donors (Lipinski definition) is 2. The number of amides is 1. The molecule has 0 saturated carbocycles. The van der Waals surface area contributed by atoms with E-state index in [0.717, 1.165) is 12.8 Å². The molecule has 0 saturated heterocycles. The Bertz CT molecular complexity index is 888. The maximum atomic E-state index is 12.9. The normalized spacial score (nSPS) is 10.7. The molecular formula is C17H21BrN4O3. The van der Waals surface area contributed by atoms with Gasteiger partial charge in [-0.2, -0.15) is 0 Å². The highest BCUT2D eigenvalue weighted by Crippen LogP contribution is 2.23. The number of H-pyrrole nitrogens is 1. The molecule has 0 fully saturated rings. The van der Waals surface area contributed by atoms with Gasteiger partial charge < -0.3 is 10.6 Å². The molecule has 0 atom stereocenters. The molecule has 25 heavy (non-hydrogen) atoms. The van der Waals surface area contributed by atoms with Gasteiger partial charge in [0.05, 0.1) is 5.56 Å². The summed E-state index contributed by atoms with van der Waals surface area (Å²) in [5.41, 5.74) is 5.27. The lowest BCUT2D eigenvalue weighted by atomic mass is 10.2. The lowest BCUT2D eigenvalue weighted by Gasteiger charge is -2.23. The molecule has 3 N–H and O–H groups in total. The zero-order valence-electron chi connectivity index (χ0n) is 14.2. The van der Waals surface area contributed by atoms with E-state index in [0.29, 0.717) is 16.6 Å². The number of benzene rings is 1. The molecule has 134 valence electrons. The average molecular weight is 409 g/mol. The standard InChI is InChI=1S/C17H21BrN4O3/c1-3-5-10-22-14(19)13(15(23)20-17(22)25)21(4-2)16(24)11-8-6-7-9-12(11)18/h6-9H,3-5,10,19H2,1-2H3,(H,20,23,25). The van der Waals surface area contributed by atoms with Gasteiger partial charge in [0.15, 0.2) is 5.69 Å². The predicted octanol–water partition coefficient (Wildman–Crippen LogP) is 2.35. The van der Waals surface area contributed by atoms with Gasteiger partial charge in [-0.3, -0.25) is 19.1 Å². The van der Waals surface area contributed by atoms with E-state index in [1.807, 2.05) is 6.92 Å². The first kappa shape index (κ1) is 19.0. The van der Waals surface area contributed by atoms with Gasteiger partial charge in [-0.05, 0) is 41.4 Å². The maximum absolute atomic E-state index is 12.9. The Morgan fingerprint density at radius 2 is 1.96 bits per heavy atom. The van der Waals surface area contributed by atoms with Crippen LogP contribution in [0.2, 0.25) is 0 Å². The number of rotatable bonds is 6. The summed E-state index contributed by atoms with van der Waals surface area (Å²) in [5.74, 6) is -0.364. The van der Waals surface area contributed by atoms with E-state index in [1.165, 1.54) is 9.47 Å². The Morgan fingerprint density at radius 3 is 2.56 bits per heavy atom. The molecule has 0 bridgehead atoms. The average Bonchev–Trinajstić information content (AvgIpc) is 2.58. The first-order valence-corrected chi connectivity index (χ1v) is 8.90. The van der Waals surface area contributed by atoms with Crippen LogP contribution in [0.5, 0.6) is 0 Å².